The fourth-order valence-corrected chi connectivity index (χ4v) is 2.30. The molecule has 2 unspecified atom stereocenters. The maximum Gasteiger partial charge on any atom is 0.303 e. The van der Waals surface area contributed by atoms with Gasteiger partial charge in [-0.3, -0.25) is 14.4 Å². The van der Waals surface area contributed by atoms with Crippen LogP contribution < -0.4 is 16.4 Å². The van der Waals surface area contributed by atoms with Crippen molar-refractivity contribution in [2.75, 3.05) is 59.4 Å². The highest BCUT2D eigenvalue weighted by Gasteiger charge is 2.23. The molecular weight excluding hydrogens is 422 g/mol. The molecule has 32 heavy (non-hydrogen) atoms. The Hall–Kier alpha value is -1.79. The molecule has 0 saturated heterocycles. The topological polar surface area (TPSA) is 158 Å². The van der Waals surface area contributed by atoms with Crippen LogP contribution in [0.2, 0.25) is 0 Å². The predicted molar refractivity (Wildman–Crippen MR) is 118 cm³/mol. The maximum absolute atomic E-state index is 12.4. The van der Waals surface area contributed by atoms with Crippen LogP contribution in [0.5, 0.6) is 0 Å². The molecule has 0 heterocycles. The van der Waals surface area contributed by atoms with E-state index < -0.39 is 12.0 Å². The molecule has 11 nitrogen and oxygen atoms in total. The molecule has 0 radical (unpaired) electrons. The Labute approximate surface area is 190 Å². The summed E-state index contributed by atoms with van der Waals surface area (Å²) in [6.45, 7) is 9.50. The third kappa shape index (κ3) is 17.8. The second-order valence-corrected chi connectivity index (χ2v) is 7.58. The summed E-state index contributed by atoms with van der Waals surface area (Å²) in [5, 5.41) is 14.3. The number of aliphatic carboxylic acids is 1. The molecule has 0 aliphatic rings. The number of carbonyl (C=O) groups is 3. The number of nitrogens with two attached hydrogens (primary N) is 1. The summed E-state index contributed by atoms with van der Waals surface area (Å²) in [7, 11) is 0. The van der Waals surface area contributed by atoms with Crippen LogP contribution in [0.15, 0.2) is 0 Å². The summed E-state index contributed by atoms with van der Waals surface area (Å²) < 4.78 is 21.2. The van der Waals surface area contributed by atoms with Crippen molar-refractivity contribution in [2.45, 2.75) is 52.1 Å². The average molecular weight is 464 g/mol. The molecule has 0 aliphatic carbocycles. The van der Waals surface area contributed by atoms with E-state index in [4.69, 9.17) is 29.8 Å². The van der Waals surface area contributed by atoms with Gasteiger partial charge in [-0.05, 0) is 19.3 Å². The molecule has 0 aromatic heterocycles. The van der Waals surface area contributed by atoms with Gasteiger partial charge in [0.05, 0.1) is 52.9 Å². The van der Waals surface area contributed by atoms with E-state index in [0.29, 0.717) is 52.8 Å². The van der Waals surface area contributed by atoms with E-state index >= 15 is 0 Å². The summed E-state index contributed by atoms with van der Waals surface area (Å²) in [4.78, 5) is 35.4. The van der Waals surface area contributed by atoms with Crippen molar-refractivity contribution in [1.29, 1.82) is 0 Å². The number of carboxylic acid groups (broad SMARTS) is 1. The zero-order chi connectivity index (χ0) is 24.2. The van der Waals surface area contributed by atoms with Crippen molar-refractivity contribution in [1.82, 2.24) is 10.6 Å². The zero-order valence-electron chi connectivity index (χ0n) is 19.6. The number of amides is 2. The van der Waals surface area contributed by atoms with Crippen LogP contribution >= 0.6 is 0 Å². The number of carboxylic acids is 1. The molecule has 0 aromatic carbocycles. The van der Waals surface area contributed by atoms with Crippen LogP contribution in [0.25, 0.3) is 0 Å². The average Bonchev–Trinajstić information content (AvgIpc) is 2.74. The summed E-state index contributed by atoms with van der Waals surface area (Å²) in [6, 6.07) is -0.992. The fourth-order valence-electron chi connectivity index (χ4n) is 2.30. The standard InChI is InChI=1S/C21H41N3O8/c1-16(2)17(3)23-21(28)18(4-5-20(26)27)24-19(25)6-8-29-10-12-31-14-15-32-13-11-30-9-7-22/h16-18H,4-15,22H2,1-3H3,(H,23,28)(H,24,25)(H,26,27). The highest BCUT2D eigenvalue weighted by molar-refractivity contribution is 5.88. The number of carbonyl (C=O) groups excluding carboxylic acids is 2. The van der Waals surface area contributed by atoms with Gasteiger partial charge in [0.15, 0.2) is 0 Å². The van der Waals surface area contributed by atoms with Crippen LogP contribution in [0.3, 0.4) is 0 Å². The molecule has 2 amide bonds. The van der Waals surface area contributed by atoms with Gasteiger partial charge in [0.2, 0.25) is 11.8 Å². The van der Waals surface area contributed by atoms with E-state index in [1.807, 2.05) is 20.8 Å². The Bertz CT molecular complexity index is 519. The fraction of sp³-hybridized carbons (Fsp3) is 0.857. The lowest BCUT2D eigenvalue weighted by Gasteiger charge is -2.23. The van der Waals surface area contributed by atoms with Gasteiger partial charge < -0.3 is 40.4 Å². The van der Waals surface area contributed by atoms with E-state index in [2.05, 4.69) is 10.6 Å². The lowest BCUT2D eigenvalue weighted by Crippen LogP contribution is -2.50. The highest BCUT2D eigenvalue weighted by Crippen LogP contribution is 2.04. The Morgan fingerprint density at radius 1 is 0.781 bits per heavy atom. The number of ether oxygens (including phenoxy) is 4. The van der Waals surface area contributed by atoms with Crippen molar-refractivity contribution >= 4 is 17.8 Å². The monoisotopic (exact) mass is 463 g/mol. The molecule has 11 heteroatoms. The SMILES string of the molecule is CC(C)C(C)NC(=O)C(CCC(=O)O)NC(=O)CCOCCOCCOCCOCCN. The van der Waals surface area contributed by atoms with Gasteiger partial charge in [-0.1, -0.05) is 13.8 Å². The van der Waals surface area contributed by atoms with Crippen LogP contribution in [-0.2, 0) is 33.3 Å². The van der Waals surface area contributed by atoms with Gasteiger partial charge in [0.25, 0.3) is 0 Å². The first-order valence-electron chi connectivity index (χ1n) is 11.1. The summed E-state index contributed by atoms with van der Waals surface area (Å²) in [6.07, 6.45) is -0.136. The first-order chi connectivity index (χ1) is 15.3. The molecular formula is C21H41N3O8. The molecule has 0 fully saturated rings. The highest BCUT2D eigenvalue weighted by atomic mass is 16.6. The van der Waals surface area contributed by atoms with Crippen molar-refractivity contribution in [3.63, 3.8) is 0 Å². The number of nitrogens with one attached hydrogen (secondary N) is 2. The van der Waals surface area contributed by atoms with Gasteiger partial charge in [-0.2, -0.15) is 0 Å². The minimum atomic E-state index is -1.03. The van der Waals surface area contributed by atoms with Crippen LogP contribution in [0.4, 0.5) is 0 Å². The molecule has 0 saturated carbocycles. The number of rotatable bonds is 21. The largest absolute Gasteiger partial charge is 0.481 e. The van der Waals surface area contributed by atoms with E-state index in [1.165, 1.54) is 0 Å². The third-order valence-corrected chi connectivity index (χ3v) is 4.52. The van der Waals surface area contributed by atoms with Crippen molar-refractivity contribution < 1.29 is 38.4 Å². The quantitative estimate of drug-likeness (QED) is 0.171. The lowest BCUT2D eigenvalue weighted by atomic mass is 10.0. The van der Waals surface area contributed by atoms with Crippen molar-refractivity contribution in [2.24, 2.45) is 11.7 Å². The minimum absolute atomic E-state index is 0.0215. The van der Waals surface area contributed by atoms with Crippen molar-refractivity contribution in [3.05, 3.63) is 0 Å². The van der Waals surface area contributed by atoms with E-state index in [1.54, 1.807) is 0 Å². The number of hydrogen-bond donors (Lipinski definition) is 4. The Balaban J connectivity index is 3.95. The summed E-state index contributed by atoms with van der Waals surface area (Å²) in [5.41, 5.74) is 5.30. The van der Waals surface area contributed by atoms with E-state index in [-0.39, 0.29) is 49.6 Å². The maximum atomic E-state index is 12.4. The molecule has 5 N–H and O–H groups in total. The van der Waals surface area contributed by atoms with Gasteiger partial charge >= 0.3 is 5.97 Å². The van der Waals surface area contributed by atoms with Gasteiger partial charge in [-0.15, -0.1) is 0 Å². The predicted octanol–water partition coefficient (Wildman–Crippen LogP) is -0.0881. The third-order valence-electron chi connectivity index (χ3n) is 4.52. The van der Waals surface area contributed by atoms with Gasteiger partial charge in [-0.25, -0.2) is 0 Å². The molecule has 0 rings (SSSR count). The Morgan fingerprint density at radius 3 is 1.75 bits per heavy atom. The first kappa shape index (κ1) is 30.2. The lowest BCUT2D eigenvalue weighted by molar-refractivity contribution is -0.138. The zero-order valence-corrected chi connectivity index (χ0v) is 19.6. The van der Waals surface area contributed by atoms with Crippen LogP contribution in [-0.4, -0.2) is 94.4 Å². The number of hydrogen-bond acceptors (Lipinski definition) is 8. The van der Waals surface area contributed by atoms with E-state index in [0.717, 1.165) is 0 Å². The first-order valence-corrected chi connectivity index (χ1v) is 11.1. The normalized spacial score (nSPS) is 13.0. The second kappa shape index (κ2) is 19.9. The molecule has 188 valence electrons. The van der Waals surface area contributed by atoms with E-state index in [9.17, 15) is 14.4 Å². The smallest absolute Gasteiger partial charge is 0.303 e. The molecule has 0 bridgehead atoms. The minimum Gasteiger partial charge on any atom is -0.481 e. The summed E-state index contributed by atoms with van der Waals surface area (Å²) >= 11 is 0. The Morgan fingerprint density at radius 2 is 1.28 bits per heavy atom. The van der Waals surface area contributed by atoms with Crippen molar-refractivity contribution in [3.8, 4) is 0 Å². The molecule has 0 aromatic rings. The molecule has 2 atom stereocenters. The van der Waals surface area contributed by atoms with Gasteiger partial charge in [0.1, 0.15) is 6.04 Å². The van der Waals surface area contributed by atoms with Gasteiger partial charge in [0, 0.05) is 25.4 Å². The van der Waals surface area contributed by atoms with Crippen LogP contribution in [0.1, 0.15) is 40.0 Å². The van der Waals surface area contributed by atoms with Crippen LogP contribution in [0, 0.1) is 5.92 Å². The molecule has 0 aliphatic heterocycles. The Kier molecular flexibility index (Phi) is 18.8. The second-order valence-electron chi connectivity index (χ2n) is 7.58. The molecule has 0 spiro atoms. The summed E-state index contributed by atoms with van der Waals surface area (Å²) in [5.74, 6) is -1.57.